The highest BCUT2D eigenvalue weighted by Gasteiger charge is 2.62. The fourth-order valence-electron chi connectivity index (χ4n) is 5.10. The fourth-order valence-corrected chi connectivity index (χ4v) is 5.10. The second-order valence-electron chi connectivity index (χ2n) is 9.77. The van der Waals surface area contributed by atoms with Crippen LogP contribution in [0.3, 0.4) is 0 Å². The molecule has 9 nitrogen and oxygen atoms in total. The van der Waals surface area contributed by atoms with Gasteiger partial charge in [0.1, 0.15) is 17.3 Å². The summed E-state index contributed by atoms with van der Waals surface area (Å²) in [5, 5.41) is 5.88. The largest absolute Gasteiger partial charge is 0.352 e. The quantitative estimate of drug-likeness (QED) is 0.408. The number of imidazole rings is 1. The van der Waals surface area contributed by atoms with Crippen molar-refractivity contribution in [2.45, 2.75) is 43.6 Å². The molecule has 7 rings (SSSR count). The van der Waals surface area contributed by atoms with Gasteiger partial charge in [0.25, 0.3) is 0 Å². The second kappa shape index (κ2) is 7.64. The SMILES string of the molecule is O=C1Nc2nc(-c3cn4ccnc4c(Cc4ccc(F)cc4)n3)ncc2C1(C(=O)NC1CC1)C1CC1. The first-order chi connectivity index (χ1) is 17.5. The lowest BCUT2D eigenvalue weighted by molar-refractivity contribution is -0.135. The molecule has 180 valence electrons. The lowest BCUT2D eigenvalue weighted by Gasteiger charge is -2.25. The molecule has 2 aliphatic carbocycles. The first-order valence-electron chi connectivity index (χ1n) is 12.1. The molecule has 2 N–H and O–H groups in total. The summed E-state index contributed by atoms with van der Waals surface area (Å²) in [5.41, 5.74) is 2.03. The number of carbonyl (C=O) groups is 2. The Morgan fingerprint density at radius 2 is 1.94 bits per heavy atom. The molecule has 1 aromatic carbocycles. The molecule has 36 heavy (non-hydrogen) atoms. The molecule has 2 amide bonds. The van der Waals surface area contributed by atoms with Gasteiger partial charge in [0.2, 0.25) is 11.8 Å². The van der Waals surface area contributed by atoms with Gasteiger partial charge in [0, 0.05) is 42.8 Å². The van der Waals surface area contributed by atoms with Crippen LogP contribution in [0.25, 0.3) is 17.2 Å². The third-order valence-electron chi connectivity index (χ3n) is 7.22. The minimum atomic E-state index is -1.27. The number of hydrogen-bond acceptors (Lipinski definition) is 6. The molecular weight excluding hydrogens is 461 g/mol. The summed E-state index contributed by atoms with van der Waals surface area (Å²) in [6.45, 7) is 0. The van der Waals surface area contributed by atoms with E-state index < -0.39 is 5.41 Å². The van der Waals surface area contributed by atoms with E-state index in [-0.39, 0.29) is 29.6 Å². The Kier molecular flexibility index (Phi) is 4.48. The molecule has 0 saturated heterocycles. The van der Waals surface area contributed by atoms with Crippen molar-refractivity contribution in [3.05, 3.63) is 71.7 Å². The van der Waals surface area contributed by atoms with Crippen LogP contribution in [0.2, 0.25) is 0 Å². The predicted molar refractivity (Wildman–Crippen MR) is 127 cm³/mol. The van der Waals surface area contributed by atoms with Crippen molar-refractivity contribution in [3.8, 4) is 11.5 Å². The number of benzene rings is 1. The minimum Gasteiger partial charge on any atom is -0.352 e. The molecule has 0 radical (unpaired) electrons. The van der Waals surface area contributed by atoms with Crippen LogP contribution >= 0.6 is 0 Å². The van der Waals surface area contributed by atoms with Gasteiger partial charge < -0.3 is 15.0 Å². The molecule has 3 aliphatic rings. The van der Waals surface area contributed by atoms with E-state index in [9.17, 15) is 14.0 Å². The van der Waals surface area contributed by atoms with Crippen molar-refractivity contribution in [1.29, 1.82) is 0 Å². The van der Waals surface area contributed by atoms with Gasteiger partial charge in [-0.25, -0.2) is 24.3 Å². The zero-order valence-corrected chi connectivity index (χ0v) is 19.2. The Morgan fingerprint density at radius 1 is 1.14 bits per heavy atom. The van der Waals surface area contributed by atoms with Gasteiger partial charge in [-0.05, 0) is 49.3 Å². The summed E-state index contributed by atoms with van der Waals surface area (Å²) < 4.78 is 15.2. The molecule has 0 spiro atoms. The molecule has 1 atom stereocenters. The summed E-state index contributed by atoms with van der Waals surface area (Å²) in [5.74, 6) is -0.239. The third-order valence-corrected chi connectivity index (χ3v) is 7.22. The van der Waals surface area contributed by atoms with Crippen molar-refractivity contribution in [1.82, 2.24) is 29.7 Å². The monoisotopic (exact) mass is 483 g/mol. The van der Waals surface area contributed by atoms with Crippen molar-refractivity contribution in [2.75, 3.05) is 5.32 Å². The maximum Gasteiger partial charge on any atom is 0.246 e. The maximum absolute atomic E-state index is 13.4. The highest BCUT2D eigenvalue weighted by Crippen LogP contribution is 2.53. The van der Waals surface area contributed by atoms with E-state index in [1.54, 1.807) is 30.7 Å². The molecule has 4 heterocycles. The van der Waals surface area contributed by atoms with Crippen LogP contribution in [-0.4, -0.2) is 42.2 Å². The van der Waals surface area contributed by atoms with Crippen LogP contribution in [0, 0.1) is 11.7 Å². The highest BCUT2D eigenvalue weighted by atomic mass is 19.1. The van der Waals surface area contributed by atoms with Gasteiger partial charge >= 0.3 is 0 Å². The molecule has 4 aromatic rings. The zero-order valence-electron chi connectivity index (χ0n) is 19.2. The van der Waals surface area contributed by atoms with E-state index in [4.69, 9.17) is 4.98 Å². The normalized spacial score (nSPS) is 20.9. The molecule has 0 bridgehead atoms. The van der Waals surface area contributed by atoms with E-state index >= 15 is 0 Å². The lowest BCUT2D eigenvalue weighted by Crippen LogP contribution is -2.51. The van der Waals surface area contributed by atoms with E-state index in [0.29, 0.717) is 40.7 Å². The number of nitrogens with zero attached hydrogens (tertiary/aromatic N) is 5. The summed E-state index contributed by atoms with van der Waals surface area (Å²) in [7, 11) is 0. The van der Waals surface area contributed by atoms with Crippen LogP contribution in [-0.2, 0) is 21.4 Å². The smallest absolute Gasteiger partial charge is 0.246 e. The van der Waals surface area contributed by atoms with Gasteiger partial charge in [-0.2, -0.15) is 0 Å². The predicted octanol–water partition coefficient (Wildman–Crippen LogP) is 2.79. The van der Waals surface area contributed by atoms with E-state index in [0.717, 1.165) is 31.2 Å². The third kappa shape index (κ3) is 3.28. The van der Waals surface area contributed by atoms with E-state index in [2.05, 4.69) is 25.6 Å². The summed E-state index contributed by atoms with van der Waals surface area (Å²) in [4.78, 5) is 45.0. The van der Waals surface area contributed by atoms with Crippen molar-refractivity contribution < 1.29 is 14.0 Å². The fraction of sp³-hybridized carbons (Fsp3) is 0.308. The average Bonchev–Trinajstić information content (AvgIpc) is 3.80. The Morgan fingerprint density at radius 3 is 2.69 bits per heavy atom. The first-order valence-corrected chi connectivity index (χ1v) is 12.1. The molecule has 2 saturated carbocycles. The van der Waals surface area contributed by atoms with Crippen LogP contribution in [0.15, 0.2) is 49.1 Å². The number of aromatic nitrogens is 5. The Bertz CT molecular complexity index is 1540. The second-order valence-corrected chi connectivity index (χ2v) is 9.77. The van der Waals surface area contributed by atoms with Crippen LogP contribution < -0.4 is 10.6 Å². The van der Waals surface area contributed by atoms with Gasteiger partial charge in [0.05, 0.1) is 5.69 Å². The maximum atomic E-state index is 13.4. The van der Waals surface area contributed by atoms with E-state index in [1.165, 1.54) is 12.1 Å². The van der Waals surface area contributed by atoms with Crippen molar-refractivity contribution in [2.24, 2.45) is 5.92 Å². The van der Waals surface area contributed by atoms with Crippen molar-refractivity contribution in [3.63, 3.8) is 0 Å². The van der Waals surface area contributed by atoms with E-state index in [1.807, 2.05) is 10.6 Å². The number of halogens is 1. The van der Waals surface area contributed by atoms with Crippen LogP contribution in [0.1, 0.15) is 42.5 Å². The number of amides is 2. The number of carbonyl (C=O) groups excluding carboxylic acids is 2. The average molecular weight is 484 g/mol. The first kappa shape index (κ1) is 21.1. The molecule has 2 fully saturated rings. The lowest BCUT2D eigenvalue weighted by atomic mass is 9.77. The molecule has 10 heteroatoms. The van der Waals surface area contributed by atoms with Crippen molar-refractivity contribution >= 4 is 23.3 Å². The minimum absolute atomic E-state index is 0.0466. The Hall–Kier alpha value is -4.21. The van der Waals surface area contributed by atoms with Gasteiger partial charge in [-0.1, -0.05) is 12.1 Å². The molecule has 1 aliphatic heterocycles. The number of nitrogens with one attached hydrogen (secondary N) is 2. The Labute approximate surface area is 205 Å². The number of anilines is 1. The van der Waals surface area contributed by atoms with Gasteiger partial charge in [0.15, 0.2) is 16.9 Å². The standard InChI is InChI=1S/C26H22FN7O2/c27-16-5-1-14(2-6-16)11-19-23-28-9-10-34(23)13-20(31-19)22-29-12-18-21(32-22)33-25(36)26(18,15-3-4-15)24(35)30-17-7-8-17/h1-2,5-6,9-10,12-13,15,17H,3-4,7-8,11H2,(H,30,35)(H,29,32,33,36). The summed E-state index contributed by atoms with van der Waals surface area (Å²) in [6.07, 6.45) is 10.8. The van der Waals surface area contributed by atoms with Gasteiger partial charge in [-0.15, -0.1) is 0 Å². The zero-order chi connectivity index (χ0) is 24.4. The van der Waals surface area contributed by atoms with Crippen LogP contribution in [0.5, 0.6) is 0 Å². The highest BCUT2D eigenvalue weighted by molar-refractivity contribution is 6.20. The van der Waals surface area contributed by atoms with Crippen LogP contribution in [0.4, 0.5) is 10.2 Å². The molecular formula is C26H22FN7O2. The Balaban J connectivity index is 1.28. The summed E-state index contributed by atoms with van der Waals surface area (Å²) in [6, 6.07) is 6.42. The van der Waals surface area contributed by atoms with Gasteiger partial charge in [-0.3, -0.25) is 9.59 Å². The molecule has 3 aromatic heterocycles. The number of fused-ring (bicyclic) bond motifs is 2. The number of rotatable bonds is 6. The topological polar surface area (TPSA) is 114 Å². The summed E-state index contributed by atoms with van der Waals surface area (Å²) >= 11 is 0. The molecule has 1 unspecified atom stereocenters. The number of hydrogen-bond donors (Lipinski definition) is 2.